The molecule has 1 aliphatic carbocycles. The molecule has 2 nitrogen and oxygen atoms in total. The summed E-state index contributed by atoms with van der Waals surface area (Å²) in [6.07, 6.45) is 4.52. The summed E-state index contributed by atoms with van der Waals surface area (Å²) in [5.41, 5.74) is 11.4. The monoisotopic (exact) mass is 156 g/mol. The first-order valence-electron chi connectivity index (χ1n) is 4.59. The van der Waals surface area contributed by atoms with E-state index in [0.717, 1.165) is 24.7 Å². The van der Waals surface area contributed by atoms with Gasteiger partial charge in [-0.3, -0.25) is 0 Å². The maximum absolute atomic E-state index is 5.88. The van der Waals surface area contributed by atoms with Crippen LogP contribution in [0.4, 0.5) is 0 Å². The highest BCUT2D eigenvalue weighted by atomic mass is 15.0. The molecule has 0 heterocycles. The zero-order valence-corrected chi connectivity index (χ0v) is 7.64. The van der Waals surface area contributed by atoms with Gasteiger partial charge in [-0.05, 0) is 31.1 Å². The molecule has 0 aromatic rings. The summed E-state index contributed by atoms with van der Waals surface area (Å²) in [5.74, 6) is 1.49. The Hall–Kier alpha value is -0.0800. The van der Waals surface area contributed by atoms with Crippen LogP contribution in [0.25, 0.3) is 0 Å². The van der Waals surface area contributed by atoms with Crippen molar-refractivity contribution in [2.45, 2.75) is 45.2 Å². The Morgan fingerprint density at radius 2 is 2.00 bits per heavy atom. The predicted octanol–water partition coefficient (Wildman–Crippen LogP) is 1.45. The molecule has 2 heteroatoms. The fourth-order valence-electron chi connectivity index (χ4n) is 1.95. The molecule has 0 spiro atoms. The Kier molecular flexibility index (Phi) is 2.55. The number of hydrogen-bond acceptors (Lipinski definition) is 2. The van der Waals surface area contributed by atoms with Crippen molar-refractivity contribution >= 4 is 0 Å². The van der Waals surface area contributed by atoms with Gasteiger partial charge >= 0.3 is 0 Å². The van der Waals surface area contributed by atoms with Gasteiger partial charge in [-0.1, -0.05) is 20.3 Å². The smallest absolute Gasteiger partial charge is 0.0639 e. The topological polar surface area (TPSA) is 52.0 Å². The Morgan fingerprint density at radius 1 is 1.36 bits per heavy atom. The molecule has 11 heavy (non-hydrogen) atoms. The molecular weight excluding hydrogens is 136 g/mol. The van der Waals surface area contributed by atoms with Crippen molar-refractivity contribution in [3.05, 3.63) is 0 Å². The molecule has 0 amide bonds. The second-order valence-electron chi connectivity index (χ2n) is 4.33. The van der Waals surface area contributed by atoms with E-state index in [1.165, 1.54) is 12.8 Å². The lowest BCUT2D eigenvalue weighted by Gasteiger charge is -2.36. The van der Waals surface area contributed by atoms with Crippen molar-refractivity contribution in [1.82, 2.24) is 0 Å². The number of rotatable bonds is 1. The minimum absolute atomic E-state index is 0.368. The molecule has 4 N–H and O–H groups in total. The zero-order chi connectivity index (χ0) is 8.48. The first-order chi connectivity index (χ1) is 5.01. The van der Waals surface area contributed by atoms with Crippen LogP contribution in [0.5, 0.6) is 0 Å². The van der Waals surface area contributed by atoms with Gasteiger partial charge in [0.25, 0.3) is 0 Å². The molecule has 1 atom stereocenters. The van der Waals surface area contributed by atoms with Crippen molar-refractivity contribution < 1.29 is 0 Å². The fourth-order valence-corrected chi connectivity index (χ4v) is 1.95. The first kappa shape index (κ1) is 9.01. The molecule has 66 valence electrons. The van der Waals surface area contributed by atoms with E-state index in [1.807, 2.05) is 0 Å². The van der Waals surface area contributed by atoms with E-state index in [4.69, 9.17) is 11.5 Å². The average Bonchev–Trinajstić information content (AvgIpc) is 1.85. The van der Waals surface area contributed by atoms with Crippen molar-refractivity contribution in [3.8, 4) is 0 Å². The van der Waals surface area contributed by atoms with Crippen LogP contribution < -0.4 is 11.5 Å². The third kappa shape index (κ3) is 2.46. The van der Waals surface area contributed by atoms with Crippen LogP contribution in [0.15, 0.2) is 0 Å². The fraction of sp³-hybridized carbons (Fsp3) is 1.00. The second-order valence-corrected chi connectivity index (χ2v) is 4.33. The molecule has 0 aromatic heterocycles. The van der Waals surface area contributed by atoms with E-state index < -0.39 is 0 Å². The van der Waals surface area contributed by atoms with Crippen LogP contribution in [0.1, 0.15) is 39.5 Å². The Bertz CT molecular complexity index is 130. The van der Waals surface area contributed by atoms with Gasteiger partial charge in [-0.15, -0.1) is 0 Å². The molecule has 1 saturated carbocycles. The third-order valence-corrected chi connectivity index (χ3v) is 2.80. The number of nitrogens with two attached hydrogens (primary N) is 2. The molecule has 0 aliphatic heterocycles. The minimum atomic E-state index is -0.368. The lowest BCUT2D eigenvalue weighted by atomic mass is 9.77. The van der Waals surface area contributed by atoms with Gasteiger partial charge in [0.05, 0.1) is 5.66 Å². The maximum Gasteiger partial charge on any atom is 0.0639 e. The summed E-state index contributed by atoms with van der Waals surface area (Å²) in [5, 5.41) is 0. The highest BCUT2D eigenvalue weighted by molar-refractivity contribution is 4.86. The molecule has 0 aromatic carbocycles. The van der Waals surface area contributed by atoms with E-state index in [-0.39, 0.29) is 5.66 Å². The molecule has 1 aliphatic rings. The van der Waals surface area contributed by atoms with Crippen molar-refractivity contribution in [1.29, 1.82) is 0 Å². The van der Waals surface area contributed by atoms with Gasteiger partial charge in [0.1, 0.15) is 0 Å². The summed E-state index contributed by atoms with van der Waals surface area (Å²) in [4.78, 5) is 0. The Balaban J connectivity index is 2.46. The molecule has 1 rings (SSSR count). The lowest BCUT2D eigenvalue weighted by Crippen LogP contribution is -2.53. The van der Waals surface area contributed by atoms with Crippen molar-refractivity contribution in [3.63, 3.8) is 0 Å². The van der Waals surface area contributed by atoms with Crippen LogP contribution in [0.3, 0.4) is 0 Å². The summed E-state index contributed by atoms with van der Waals surface area (Å²) in [7, 11) is 0. The summed E-state index contributed by atoms with van der Waals surface area (Å²) in [6, 6.07) is 0. The van der Waals surface area contributed by atoms with Crippen LogP contribution in [-0.2, 0) is 0 Å². The van der Waals surface area contributed by atoms with Gasteiger partial charge < -0.3 is 11.5 Å². The minimum Gasteiger partial charge on any atom is -0.313 e. The van der Waals surface area contributed by atoms with E-state index in [1.54, 1.807) is 0 Å². The Morgan fingerprint density at radius 3 is 2.36 bits per heavy atom. The van der Waals surface area contributed by atoms with Gasteiger partial charge in [-0.2, -0.15) is 0 Å². The SMILES string of the molecule is CC(C)C1CCCC(N)(N)C1. The van der Waals surface area contributed by atoms with Gasteiger partial charge in [-0.25, -0.2) is 0 Å². The van der Waals surface area contributed by atoms with E-state index in [9.17, 15) is 0 Å². The highest BCUT2D eigenvalue weighted by Gasteiger charge is 2.30. The van der Waals surface area contributed by atoms with Crippen LogP contribution in [-0.4, -0.2) is 5.66 Å². The molecule has 0 saturated heterocycles. The quantitative estimate of drug-likeness (QED) is 0.564. The molecule has 1 unspecified atom stereocenters. The second kappa shape index (κ2) is 3.11. The first-order valence-corrected chi connectivity index (χ1v) is 4.59. The standard InChI is InChI=1S/C9H20N2/c1-7(2)8-4-3-5-9(10,11)6-8/h7-8H,3-6,10-11H2,1-2H3. The van der Waals surface area contributed by atoms with Crippen LogP contribution >= 0.6 is 0 Å². The predicted molar refractivity (Wildman–Crippen MR) is 47.9 cm³/mol. The van der Waals surface area contributed by atoms with E-state index in [0.29, 0.717) is 0 Å². The normalized spacial score (nSPS) is 30.8. The molecule has 1 fully saturated rings. The Labute approximate surface area is 69.3 Å². The highest BCUT2D eigenvalue weighted by Crippen LogP contribution is 2.32. The summed E-state index contributed by atoms with van der Waals surface area (Å²) < 4.78 is 0. The zero-order valence-electron chi connectivity index (χ0n) is 7.64. The van der Waals surface area contributed by atoms with Crippen LogP contribution in [0, 0.1) is 11.8 Å². The average molecular weight is 156 g/mol. The van der Waals surface area contributed by atoms with Gasteiger partial charge in [0, 0.05) is 0 Å². The molecule has 0 bridgehead atoms. The largest absolute Gasteiger partial charge is 0.313 e. The number of hydrogen-bond donors (Lipinski definition) is 2. The maximum atomic E-state index is 5.88. The van der Waals surface area contributed by atoms with E-state index >= 15 is 0 Å². The lowest BCUT2D eigenvalue weighted by molar-refractivity contribution is 0.188. The van der Waals surface area contributed by atoms with E-state index in [2.05, 4.69) is 13.8 Å². The van der Waals surface area contributed by atoms with Gasteiger partial charge in [0.15, 0.2) is 0 Å². The molecular formula is C9H20N2. The summed E-state index contributed by atoms with van der Waals surface area (Å²) in [6.45, 7) is 4.51. The van der Waals surface area contributed by atoms with Gasteiger partial charge in [0.2, 0.25) is 0 Å². The van der Waals surface area contributed by atoms with Crippen LogP contribution in [0.2, 0.25) is 0 Å². The third-order valence-electron chi connectivity index (χ3n) is 2.80. The summed E-state index contributed by atoms with van der Waals surface area (Å²) >= 11 is 0. The van der Waals surface area contributed by atoms with Crippen molar-refractivity contribution in [2.75, 3.05) is 0 Å². The van der Waals surface area contributed by atoms with Crippen molar-refractivity contribution in [2.24, 2.45) is 23.3 Å². The molecule has 0 radical (unpaired) electrons.